The molecule has 0 unspecified atom stereocenters. The second-order valence-electron chi connectivity index (χ2n) is 6.65. The number of para-hydroxylation sites is 1. The molecule has 0 aliphatic carbocycles. The molecule has 0 amide bonds. The summed E-state index contributed by atoms with van der Waals surface area (Å²) in [6, 6.07) is 12.4. The number of aromatic nitrogens is 6. The fourth-order valence-electron chi connectivity index (χ4n) is 3.74. The second-order valence-corrected chi connectivity index (χ2v) is 6.65. The van der Waals surface area contributed by atoms with Crippen molar-refractivity contribution in [3.63, 3.8) is 0 Å². The van der Waals surface area contributed by atoms with Crippen molar-refractivity contribution in [1.82, 2.24) is 34.9 Å². The van der Waals surface area contributed by atoms with Crippen LogP contribution in [0.1, 0.15) is 43.2 Å². The average Bonchev–Trinajstić information content (AvgIpc) is 3.31. The van der Waals surface area contributed by atoms with E-state index in [4.69, 9.17) is 0 Å². The van der Waals surface area contributed by atoms with Crippen LogP contribution < -0.4 is 0 Å². The van der Waals surface area contributed by atoms with Gasteiger partial charge in [-0.3, -0.25) is 9.58 Å². The molecule has 7 heteroatoms. The molecule has 1 aliphatic rings. The number of tetrazole rings is 1. The third kappa shape index (κ3) is 3.07. The molecule has 3 aromatic rings. The Hall–Kier alpha value is -2.54. The van der Waals surface area contributed by atoms with E-state index in [-0.39, 0.29) is 6.04 Å². The summed E-state index contributed by atoms with van der Waals surface area (Å²) >= 11 is 0. The van der Waals surface area contributed by atoms with Crippen molar-refractivity contribution in [2.24, 2.45) is 7.05 Å². The van der Waals surface area contributed by atoms with Crippen molar-refractivity contribution in [1.29, 1.82) is 0 Å². The van der Waals surface area contributed by atoms with E-state index in [1.54, 1.807) is 0 Å². The molecule has 130 valence electrons. The van der Waals surface area contributed by atoms with Crippen LogP contribution in [0.15, 0.2) is 42.6 Å². The van der Waals surface area contributed by atoms with Gasteiger partial charge >= 0.3 is 0 Å². The molecule has 1 aliphatic heterocycles. The zero-order valence-electron chi connectivity index (χ0n) is 14.7. The van der Waals surface area contributed by atoms with Crippen molar-refractivity contribution < 1.29 is 0 Å². The van der Waals surface area contributed by atoms with Gasteiger partial charge in [-0.25, -0.2) is 0 Å². The first-order valence-corrected chi connectivity index (χ1v) is 8.79. The minimum atomic E-state index is 0.183. The largest absolute Gasteiger partial charge is 0.294 e. The number of benzene rings is 1. The van der Waals surface area contributed by atoms with Crippen LogP contribution in [0.3, 0.4) is 0 Å². The van der Waals surface area contributed by atoms with E-state index < -0.39 is 0 Å². The summed E-state index contributed by atoms with van der Waals surface area (Å²) < 4.78 is 3.84. The molecule has 25 heavy (non-hydrogen) atoms. The molecule has 4 rings (SSSR count). The van der Waals surface area contributed by atoms with Gasteiger partial charge in [-0.2, -0.15) is 9.78 Å². The standard InChI is InChI=1S/C18H23N7/c1-14(18-20-21-22-25(18)16-6-4-3-5-7-16)24-12-9-15(10-13-24)17-8-11-19-23(17)2/h3-8,11,14-15H,9-10,12-13H2,1-2H3/t14-/m0/s1. The van der Waals surface area contributed by atoms with E-state index in [1.807, 2.05) is 52.9 Å². The lowest BCUT2D eigenvalue weighted by molar-refractivity contribution is 0.153. The molecule has 0 spiro atoms. The van der Waals surface area contributed by atoms with Crippen molar-refractivity contribution in [3.8, 4) is 5.69 Å². The maximum absolute atomic E-state index is 4.30. The highest BCUT2D eigenvalue weighted by Crippen LogP contribution is 2.31. The van der Waals surface area contributed by atoms with E-state index in [2.05, 4.69) is 38.5 Å². The first kappa shape index (κ1) is 16.0. The first-order chi connectivity index (χ1) is 12.2. The lowest BCUT2D eigenvalue weighted by Crippen LogP contribution is -2.36. The number of hydrogen-bond donors (Lipinski definition) is 0. The fourth-order valence-corrected chi connectivity index (χ4v) is 3.74. The minimum absolute atomic E-state index is 0.183. The van der Waals surface area contributed by atoms with Crippen molar-refractivity contribution >= 4 is 0 Å². The number of nitrogens with zero attached hydrogens (tertiary/aromatic N) is 7. The summed E-state index contributed by atoms with van der Waals surface area (Å²) in [5.41, 5.74) is 2.33. The second kappa shape index (κ2) is 6.76. The Morgan fingerprint density at radius 1 is 1.08 bits per heavy atom. The summed E-state index contributed by atoms with van der Waals surface area (Å²) in [7, 11) is 2.03. The number of rotatable bonds is 4. The zero-order chi connectivity index (χ0) is 17.2. The number of aryl methyl sites for hydroxylation is 1. The van der Waals surface area contributed by atoms with Crippen molar-refractivity contribution in [3.05, 3.63) is 54.1 Å². The van der Waals surface area contributed by atoms with Crippen LogP contribution in [0, 0.1) is 0 Å². The lowest BCUT2D eigenvalue weighted by atomic mass is 9.92. The van der Waals surface area contributed by atoms with Gasteiger partial charge in [0.25, 0.3) is 0 Å². The monoisotopic (exact) mass is 337 g/mol. The van der Waals surface area contributed by atoms with E-state index in [0.717, 1.165) is 37.4 Å². The van der Waals surface area contributed by atoms with Gasteiger partial charge in [-0.15, -0.1) is 5.10 Å². The van der Waals surface area contributed by atoms with E-state index in [0.29, 0.717) is 5.92 Å². The van der Waals surface area contributed by atoms with Crippen LogP contribution in [-0.4, -0.2) is 48.0 Å². The highest BCUT2D eigenvalue weighted by molar-refractivity contribution is 5.30. The van der Waals surface area contributed by atoms with Crippen LogP contribution in [0.5, 0.6) is 0 Å². The number of likely N-dealkylation sites (tertiary alicyclic amines) is 1. The first-order valence-electron chi connectivity index (χ1n) is 8.79. The third-order valence-electron chi connectivity index (χ3n) is 5.22. The molecule has 1 atom stereocenters. The molecule has 1 fully saturated rings. The zero-order valence-corrected chi connectivity index (χ0v) is 14.7. The fraction of sp³-hybridized carbons (Fsp3) is 0.444. The molecule has 1 aromatic carbocycles. The molecule has 0 saturated carbocycles. The molecule has 1 saturated heterocycles. The Morgan fingerprint density at radius 2 is 1.84 bits per heavy atom. The Bertz CT molecular complexity index is 815. The van der Waals surface area contributed by atoms with Gasteiger partial charge in [-0.1, -0.05) is 18.2 Å². The highest BCUT2D eigenvalue weighted by atomic mass is 15.6. The Kier molecular flexibility index (Phi) is 4.31. The molecular formula is C18H23N7. The van der Waals surface area contributed by atoms with Crippen LogP contribution in [-0.2, 0) is 7.05 Å². The summed E-state index contributed by atoms with van der Waals surface area (Å²) in [5, 5.41) is 16.7. The number of piperidine rings is 1. The van der Waals surface area contributed by atoms with Gasteiger partial charge in [0.15, 0.2) is 5.82 Å². The predicted molar refractivity (Wildman–Crippen MR) is 94.3 cm³/mol. The third-order valence-corrected chi connectivity index (χ3v) is 5.22. The van der Waals surface area contributed by atoms with Gasteiger partial charge in [0.2, 0.25) is 0 Å². The molecule has 0 bridgehead atoms. The van der Waals surface area contributed by atoms with Crippen LogP contribution in [0.2, 0.25) is 0 Å². The molecular weight excluding hydrogens is 314 g/mol. The molecule has 7 nitrogen and oxygen atoms in total. The molecule has 3 heterocycles. The topological polar surface area (TPSA) is 64.7 Å². The summed E-state index contributed by atoms with van der Waals surface area (Å²) in [5.74, 6) is 1.48. The van der Waals surface area contributed by atoms with Crippen molar-refractivity contribution in [2.45, 2.75) is 31.7 Å². The smallest absolute Gasteiger partial charge is 0.173 e. The van der Waals surface area contributed by atoms with Crippen molar-refractivity contribution in [2.75, 3.05) is 13.1 Å². The molecule has 0 radical (unpaired) electrons. The van der Waals surface area contributed by atoms with Gasteiger partial charge < -0.3 is 0 Å². The molecule has 0 N–H and O–H groups in total. The Balaban J connectivity index is 1.48. The van der Waals surface area contributed by atoms with E-state index in [9.17, 15) is 0 Å². The van der Waals surface area contributed by atoms with Gasteiger partial charge in [-0.05, 0) is 61.5 Å². The van der Waals surface area contributed by atoms with Gasteiger partial charge in [0, 0.05) is 24.9 Å². The number of hydrogen-bond acceptors (Lipinski definition) is 5. The Labute approximate surface area is 147 Å². The summed E-state index contributed by atoms with van der Waals surface area (Å²) in [6.45, 7) is 4.27. The SMILES string of the molecule is C[C@@H](c1nnnn1-c1ccccc1)N1CCC(c2ccnn2C)CC1. The highest BCUT2D eigenvalue weighted by Gasteiger charge is 2.28. The quantitative estimate of drug-likeness (QED) is 0.731. The maximum Gasteiger partial charge on any atom is 0.173 e. The summed E-state index contributed by atoms with van der Waals surface area (Å²) in [4.78, 5) is 2.47. The van der Waals surface area contributed by atoms with E-state index >= 15 is 0 Å². The van der Waals surface area contributed by atoms with Crippen LogP contribution >= 0.6 is 0 Å². The molecule has 2 aromatic heterocycles. The minimum Gasteiger partial charge on any atom is -0.294 e. The lowest BCUT2D eigenvalue weighted by Gasteiger charge is -2.35. The summed E-state index contributed by atoms with van der Waals surface area (Å²) in [6.07, 6.45) is 4.16. The van der Waals surface area contributed by atoms with Crippen LogP contribution in [0.4, 0.5) is 0 Å². The van der Waals surface area contributed by atoms with Gasteiger partial charge in [0.05, 0.1) is 11.7 Å². The Morgan fingerprint density at radius 3 is 2.52 bits per heavy atom. The van der Waals surface area contributed by atoms with Crippen LogP contribution in [0.25, 0.3) is 5.69 Å². The van der Waals surface area contributed by atoms with Gasteiger partial charge in [0.1, 0.15) is 0 Å². The normalized spacial score (nSPS) is 17.7. The van der Waals surface area contributed by atoms with E-state index in [1.165, 1.54) is 5.69 Å². The average molecular weight is 337 g/mol. The predicted octanol–water partition coefficient (Wildman–Crippen LogP) is 2.34. The maximum atomic E-state index is 4.30.